The minimum absolute atomic E-state index is 0. The van der Waals surface area contributed by atoms with Crippen LogP contribution >= 0.6 is 11.6 Å². The van der Waals surface area contributed by atoms with E-state index in [4.69, 9.17) is 17.3 Å². The molecule has 2 unspecified atom stereocenters. The fourth-order valence-electron chi connectivity index (χ4n) is 0.940. The van der Waals surface area contributed by atoms with Crippen molar-refractivity contribution in [3.63, 3.8) is 0 Å². The molecule has 2 N–H and O–H groups in total. The van der Waals surface area contributed by atoms with Crippen LogP contribution < -0.4 is 5.73 Å². The maximum atomic E-state index is 6.02. The summed E-state index contributed by atoms with van der Waals surface area (Å²) in [5.41, 5.74) is 6.72. The molecule has 1 nitrogen and oxygen atoms in total. The molecule has 0 fully saturated rings. The van der Waals surface area contributed by atoms with E-state index in [0.29, 0.717) is 0 Å². The lowest BCUT2D eigenvalue weighted by Gasteiger charge is -2.12. The standard InChI is InChI=1S/C9H12ClN.CH4.H2/c1-7(11)9(10)8-5-3-2-4-6-8;;/h2-7,9H,11H2,1H3;1H4;1H. The van der Waals surface area contributed by atoms with Crippen LogP contribution in [0.3, 0.4) is 0 Å². The Balaban J connectivity index is 0. The lowest BCUT2D eigenvalue weighted by atomic mass is 10.1. The van der Waals surface area contributed by atoms with E-state index >= 15 is 0 Å². The molecule has 0 aliphatic heterocycles. The quantitative estimate of drug-likeness (QED) is 0.708. The van der Waals surface area contributed by atoms with Crippen molar-refractivity contribution < 1.29 is 1.43 Å². The molecule has 0 spiro atoms. The number of rotatable bonds is 2. The summed E-state index contributed by atoms with van der Waals surface area (Å²) in [4.78, 5) is 0. The van der Waals surface area contributed by atoms with Gasteiger partial charge in [0, 0.05) is 7.47 Å². The van der Waals surface area contributed by atoms with Crippen LogP contribution in [0.5, 0.6) is 0 Å². The average molecular weight is 188 g/mol. The predicted octanol–water partition coefficient (Wildman–Crippen LogP) is 3.20. The van der Waals surface area contributed by atoms with Gasteiger partial charge in [0.25, 0.3) is 0 Å². The van der Waals surface area contributed by atoms with Gasteiger partial charge in [0.2, 0.25) is 0 Å². The van der Waals surface area contributed by atoms with E-state index < -0.39 is 0 Å². The maximum absolute atomic E-state index is 6.02. The summed E-state index contributed by atoms with van der Waals surface area (Å²) in [5, 5.41) is -0.0730. The normalized spacial score (nSPS) is 14.6. The summed E-state index contributed by atoms with van der Waals surface area (Å²) in [6.07, 6.45) is 0. The minimum Gasteiger partial charge on any atom is -0.326 e. The highest BCUT2D eigenvalue weighted by atomic mass is 35.5. The zero-order chi connectivity index (χ0) is 8.27. The van der Waals surface area contributed by atoms with Gasteiger partial charge < -0.3 is 5.73 Å². The van der Waals surface area contributed by atoms with Crippen LogP contribution in [-0.2, 0) is 0 Å². The second-order valence-electron chi connectivity index (χ2n) is 2.67. The Morgan fingerprint density at radius 2 is 1.83 bits per heavy atom. The first kappa shape index (κ1) is 11.5. The molecule has 1 aromatic carbocycles. The molecule has 70 valence electrons. The molecule has 12 heavy (non-hydrogen) atoms. The zero-order valence-electron chi connectivity index (χ0n) is 6.50. The number of hydrogen-bond donors (Lipinski definition) is 1. The lowest BCUT2D eigenvalue weighted by Crippen LogP contribution is -2.20. The molecule has 2 atom stereocenters. The Kier molecular flexibility index (Phi) is 4.95. The maximum Gasteiger partial charge on any atom is 0.0733 e. The van der Waals surface area contributed by atoms with Crippen LogP contribution in [0.4, 0.5) is 0 Å². The molecule has 0 bridgehead atoms. The summed E-state index contributed by atoms with van der Waals surface area (Å²) in [6.45, 7) is 1.91. The van der Waals surface area contributed by atoms with E-state index in [0.717, 1.165) is 5.56 Å². The Hall–Kier alpha value is -0.530. The Morgan fingerprint density at radius 1 is 1.33 bits per heavy atom. The molecule has 0 heterocycles. The highest BCUT2D eigenvalue weighted by molar-refractivity contribution is 6.21. The summed E-state index contributed by atoms with van der Waals surface area (Å²) in [5.74, 6) is 0. The van der Waals surface area contributed by atoms with Crippen molar-refractivity contribution >= 4 is 11.6 Å². The van der Waals surface area contributed by atoms with E-state index in [1.807, 2.05) is 37.3 Å². The first-order chi connectivity index (χ1) is 5.22. The third-order valence-corrected chi connectivity index (χ3v) is 2.23. The molecule has 0 saturated carbocycles. The molecule has 0 saturated heterocycles. The van der Waals surface area contributed by atoms with Crippen molar-refractivity contribution in [2.24, 2.45) is 5.73 Å². The van der Waals surface area contributed by atoms with Crippen molar-refractivity contribution in [1.29, 1.82) is 0 Å². The van der Waals surface area contributed by atoms with Gasteiger partial charge in [-0.2, -0.15) is 0 Å². The average Bonchev–Trinajstić information content (AvgIpc) is 2.05. The molecule has 0 radical (unpaired) electrons. The van der Waals surface area contributed by atoms with Crippen molar-refractivity contribution in [1.82, 2.24) is 0 Å². The van der Waals surface area contributed by atoms with Gasteiger partial charge in [-0.1, -0.05) is 37.8 Å². The Labute approximate surface area is 81.0 Å². The number of hydrogen-bond acceptors (Lipinski definition) is 1. The van der Waals surface area contributed by atoms with Gasteiger partial charge in [-0.25, -0.2) is 0 Å². The van der Waals surface area contributed by atoms with Crippen molar-refractivity contribution in [2.45, 2.75) is 25.8 Å². The third kappa shape index (κ3) is 2.84. The van der Waals surface area contributed by atoms with Crippen molar-refractivity contribution in [3.8, 4) is 0 Å². The summed E-state index contributed by atoms with van der Waals surface area (Å²) in [7, 11) is 0. The number of benzene rings is 1. The smallest absolute Gasteiger partial charge is 0.0733 e. The van der Waals surface area contributed by atoms with Crippen molar-refractivity contribution in [2.75, 3.05) is 0 Å². The van der Waals surface area contributed by atoms with Gasteiger partial charge in [0.05, 0.1) is 5.38 Å². The largest absolute Gasteiger partial charge is 0.326 e. The fraction of sp³-hybridized carbons (Fsp3) is 0.400. The third-order valence-electron chi connectivity index (χ3n) is 1.58. The molecular formula is C10H18ClN. The molecule has 2 heteroatoms. The number of nitrogens with two attached hydrogens (primary N) is 1. The van der Waals surface area contributed by atoms with E-state index in [-0.39, 0.29) is 20.3 Å². The molecule has 0 aliphatic carbocycles. The Morgan fingerprint density at radius 3 is 2.25 bits per heavy atom. The fourth-order valence-corrected chi connectivity index (χ4v) is 1.09. The van der Waals surface area contributed by atoms with Gasteiger partial charge in [-0.05, 0) is 12.5 Å². The van der Waals surface area contributed by atoms with E-state index in [9.17, 15) is 0 Å². The molecule has 1 rings (SSSR count). The summed E-state index contributed by atoms with van der Waals surface area (Å²) in [6, 6.07) is 9.87. The summed E-state index contributed by atoms with van der Waals surface area (Å²) >= 11 is 6.02. The van der Waals surface area contributed by atoms with Gasteiger partial charge in [-0.15, -0.1) is 11.6 Å². The van der Waals surface area contributed by atoms with Crippen LogP contribution in [0.25, 0.3) is 0 Å². The highest BCUT2D eigenvalue weighted by Gasteiger charge is 2.10. The van der Waals surface area contributed by atoms with Gasteiger partial charge in [0.1, 0.15) is 0 Å². The second kappa shape index (κ2) is 5.18. The number of halogens is 1. The van der Waals surface area contributed by atoms with E-state index in [1.54, 1.807) is 0 Å². The monoisotopic (exact) mass is 187 g/mol. The van der Waals surface area contributed by atoms with Crippen LogP contribution in [0.1, 0.15) is 26.7 Å². The SMILES string of the molecule is C.CC(N)C(Cl)c1ccccc1.[HH]. The second-order valence-corrected chi connectivity index (χ2v) is 3.14. The minimum atomic E-state index is -0.0730. The first-order valence-corrected chi connectivity index (χ1v) is 4.10. The first-order valence-electron chi connectivity index (χ1n) is 3.66. The van der Waals surface area contributed by atoms with Crippen molar-refractivity contribution in [3.05, 3.63) is 35.9 Å². The summed E-state index contributed by atoms with van der Waals surface area (Å²) < 4.78 is 0. The highest BCUT2D eigenvalue weighted by Crippen LogP contribution is 2.21. The molecular weight excluding hydrogens is 170 g/mol. The molecule has 0 aromatic heterocycles. The van der Waals surface area contributed by atoms with Gasteiger partial charge in [0.15, 0.2) is 0 Å². The predicted molar refractivity (Wildman–Crippen MR) is 57.5 cm³/mol. The van der Waals surface area contributed by atoms with Crippen LogP contribution in [0.2, 0.25) is 0 Å². The van der Waals surface area contributed by atoms with Gasteiger partial charge >= 0.3 is 0 Å². The van der Waals surface area contributed by atoms with E-state index in [2.05, 4.69) is 0 Å². The molecule has 1 aromatic rings. The molecule has 0 aliphatic rings. The zero-order valence-corrected chi connectivity index (χ0v) is 7.25. The van der Waals surface area contributed by atoms with E-state index in [1.165, 1.54) is 0 Å². The van der Waals surface area contributed by atoms with Crippen LogP contribution in [0.15, 0.2) is 30.3 Å². The topological polar surface area (TPSA) is 26.0 Å². The lowest BCUT2D eigenvalue weighted by molar-refractivity contribution is 0.713. The number of alkyl halides is 1. The Bertz CT molecular complexity index is 213. The van der Waals surface area contributed by atoms with Crippen LogP contribution in [-0.4, -0.2) is 6.04 Å². The molecule has 0 amide bonds. The van der Waals surface area contributed by atoms with Crippen LogP contribution in [0, 0.1) is 0 Å². The van der Waals surface area contributed by atoms with Gasteiger partial charge in [-0.3, -0.25) is 0 Å².